The summed E-state index contributed by atoms with van der Waals surface area (Å²) in [5.74, 6) is 0.249. The lowest BCUT2D eigenvalue weighted by atomic mass is 10.2. The van der Waals surface area contributed by atoms with Crippen LogP contribution in [-0.2, 0) is 6.42 Å². The molecular formula is C9H11NO2. The highest BCUT2D eigenvalue weighted by Gasteiger charge is 2.21. The number of fused-ring (bicyclic) bond motifs is 1. The molecule has 0 saturated carbocycles. The van der Waals surface area contributed by atoms with Gasteiger partial charge in [0.1, 0.15) is 5.75 Å². The molecule has 0 spiro atoms. The zero-order chi connectivity index (χ0) is 8.72. The maximum Gasteiger partial charge on any atom is 0.251 e. The molecule has 3 heteroatoms. The van der Waals surface area contributed by atoms with E-state index in [2.05, 4.69) is 0 Å². The fourth-order valence-electron chi connectivity index (χ4n) is 1.79. The van der Waals surface area contributed by atoms with E-state index in [-0.39, 0.29) is 17.4 Å². The van der Waals surface area contributed by atoms with E-state index >= 15 is 0 Å². The fraction of sp³-hybridized carbons (Fsp3) is 0.444. The quantitative estimate of drug-likeness (QED) is 0.624. The Morgan fingerprint density at radius 1 is 1.58 bits per heavy atom. The normalized spacial score (nSPS) is 20.9. The van der Waals surface area contributed by atoms with Gasteiger partial charge in [-0.25, -0.2) is 0 Å². The van der Waals surface area contributed by atoms with E-state index < -0.39 is 0 Å². The van der Waals surface area contributed by atoms with Crippen LogP contribution in [0.4, 0.5) is 0 Å². The highest BCUT2D eigenvalue weighted by atomic mass is 16.3. The summed E-state index contributed by atoms with van der Waals surface area (Å²) >= 11 is 0. The fourth-order valence-corrected chi connectivity index (χ4v) is 1.79. The third-order valence-electron chi connectivity index (χ3n) is 2.45. The van der Waals surface area contributed by atoms with E-state index in [4.69, 9.17) is 0 Å². The summed E-state index contributed by atoms with van der Waals surface area (Å²) in [6.07, 6.45) is 1.76. The average molecular weight is 165 g/mol. The Labute approximate surface area is 70.3 Å². The molecule has 0 saturated heterocycles. The molecule has 1 aliphatic heterocycles. The van der Waals surface area contributed by atoms with Crippen LogP contribution < -0.4 is 5.56 Å². The van der Waals surface area contributed by atoms with Crippen LogP contribution in [-0.4, -0.2) is 9.67 Å². The van der Waals surface area contributed by atoms with Gasteiger partial charge in [-0.15, -0.1) is 0 Å². The van der Waals surface area contributed by atoms with Gasteiger partial charge in [0.2, 0.25) is 0 Å². The van der Waals surface area contributed by atoms with Gasteiger partial charge >= 0.3 is 0 Å². The molecule has 2 heterocycles. The summed E-state index contributed by atoms with van der Waals surface area (Å²) in [6.45, 7) is 2.00. The summed E-state index contributed by atoms with van der Waals surface area (Å²) in [5, 5.41) is 9.41. The number of hydrogen-bond acceptors (Lipinski definition) is 2. The molecule has 1 aromatic rings. The summed E-state index contributed by atoms with van der Waals surface area (Å²) < 4.78 is 1.68. The second kappa shape index (κ2) is 2.37. The predicted molar refractivity (Wildman–Crippen MR) is 45.4 cm³/mol. The molecule has 1 aliphatic rings. The minimum absolute atomic E-state index is 0.00667. The van der Waals surface area contributed by atoms with Gasteiger partial charge in [-0.05, 0) is 25.8 Å². The van der Waals surface area contributed by atoms with Crippen LogP contribution in [0.15, 0.2) is 16.9 Å². The molecule has 1 atom stereocenters. The van der Waals surface area contributed by atoms with Crippen molar-refractivity contribution in [3.8, 4) is 5.75 Å². The first-order valence-corrected chi connectivity index (χ1v) is 4.13. The Bertz CT molecular complexity index is 367. The molecule has 0 bridgehead atoms. The molecule has 0 fully saturated rings. The lowest BCUT2D eigenvalue weighted by Crippen LogP contribution is -2.20. The molecule has 1 unspecified atom stereocenters. The Morgan fingerprint density at radius 3 is 3.00 bits per heavy atom. The van der Waals surface area contributed by atoms with Crippen LogP contribution in [0.2, 0.25) is 0 Å². The summed E-state index contributed by atoms with van der Waals surface area (Å²) in [7, 11) is 0. The molecule has 0 amide bonds. The molecule has 2 rings (SSSR count). The SMILES string of the molecule is CC1CCc2c(O)ccc(=O)n21. The first-order valence-electron chi connectivity index (χ1n) is 4.13. The maximum absolute atomic E-state index is 11.3. The molecule has 1 aromatic heterocycles. The van der Waals surface area contributed by atoms with E-state index in [1.165, 1.54) is 12.1 Å². The van der Waals surface area contributed by atoms with Crippen LogP contribution in [0.1, 0.15) is 25.1 Å². The lowest BCUT2D eigenvalue weighted by molar-refractivity contribution is 0.458. The molecule has 12 heavy (non-hydrogen) atoms. The molecule has 3 nitrogen and oxygen atoms in total. The van der Waals surface area contributed by atoms with Crippen LogP contribution >= 0.6 is 0 Å². The van der Waals surface area contributed by atoms with E-state index in [1.807, 2.05) is 6.92 Å². The smallest absolute Gasteiger partial charge is 0.251 e. The van der Waals surface area contributed by atoms with Gasteiger partial charge in [-0.1, -0.05) is 0 Å². The van der Waals surface area contributed by atoms with Crippen LogP contribution in [0.5, 0.6) is 5.75 Å². The highest BCUT2D eigenvalue weighted by molar-refractivity contribution is 5.29. The topological polar surface area (TPSA) is 42.2 Å². The van der Waals surface area contributed by atoms with Crippen molar-refractivity contribution < 1.29 is 5.11 Å². The lowest BCUT2D eigenvalue weighted by Gasteiger charge is -2.08. The van der Waals surface area contributed by atoms with Gasteiger partial charge in [0, 0.05) is 12.1 Å². The summed E-state index contributed by atoms with van der Waals surface area (Å²) in [5.41, 5.74) is 0.780. The van der Waals surface area contributed by atoms with Gasteiger partial charge in [0.25, 0.3) is 5.56 Å². The Hall–Kier alpha value is -1.25. The Kier molecular flexibility index (Phi) is 1.46. The van der Waals surface area contributed by atoms with Crippen LogP contribution in [0.3, 0.4) is 0 Å². The zero-order valence-corrected chi connectivity index (χ0v) is 6.95. The number of rotatable bonds is 0. The standard InChI is InChI=1S/C9H11NO2/c1-6-2-3-7-8(11)4-5-9(12)10(6)7/h4-6,11H,2-3H2,1H3. The Morgan fingerprint density at radius 2 is 2.33 bits per heavy atom. The number of pyridine rings is 1. The molecule has 0 aromatic carbocycles. The third-order valence-corrected chi connectivity index (χ3v) is 2.45. The second-order valence-corrected chi connectivity index (χ2v) is 3.26. The maximum atomic E-state index is 11.3. The first kappa shape index (κ1) is 7.40. The summed E-state index contributed by atoms with van der Waals surface area (Å²) in [6, 6.07) is 3.13. The third kappa shape index (κ3) is 0.858. The largest absolute Gasteiger partial charge is 0.506 e. The molecule has 1 N–H and O–H groups in total. The van der Waals surface area contributed by atoms with Crippen LogP contribution in [0, 0.1) is 0 Å². The average Bonchev–Trinajstić information content (AvgIpc) is 2.42. The van der Waals surface area contributed by atoms with Gasteiger partial charge in [-0.3, -0.25) is 4.79 Å². The van der Waals surface area contributed by atoms with E-state index in [9.17, 15) is 9.90 Å². The predicted octanol–water partition coefficient (Wildman–Crippen LogP) is 1.06. The van der Waals surface area contributed by atoms with Crippen molar-refractivity contribution in [2.24, 2.45) is 0 Å². The van der Waals surface area contributed by atoms with Crippen molar-refractivity contribution in [3.05, 3.63) is 28.2 Å². The van der Waals surface area contributed by atoms with Crippen molar-refractivity contribution in [1.29, 1.82) is 0 Å². The van der Waals surface area contributed by atoms with E-state index in [1.54, 1.807) is 4.57 Å². The molecule has 0 aliphatic carbocycles. The van der Waals surface area contributed by atoms with Crippen molar-refractivity contribution >= 4 is 0 Å². The van der Waals surface area contributed by atoms with E-state index in [0.29, 0.717) is 0 Å². The molecular weight excluding hydrogens is 154 g/mol. The minimum Gasteiger partial charge on any atom is -0.506 e. The first-order chi connectivity index (χ1) is 5.70. The van der Waals surface area contributed by atoms with Gasteiger partial charge < -0.3 is 9.67 Å². The number of nitrogens with zero attached hydrogens (tertiary/aromatic N) is 1. The van der Waals surface area contributed by atoms with Crippen molar-refractivity contribution in [3.63, 3.8) is 0 Å². The zero-order valence-electron chi connectivity index (χ0n) is 6.95. The molecule has 0 radical (unpaired) electrons. The van der Waals surface area contributed by atoms with Crippen molar-refractivity contribution in [2.75, 3.05) is 0 Å². The van der Waals surface area contributed by atoms with Crippen LogP contribution in [0.25, 0.3) is 0 Å². The highest BCUT2D eigenvalue weighted by Crippen LogP contribution is 2.28. The van der Waals surface area contributed by atoms with E-state index in [0.717, 1.165) is 18.5 Å². The Balaban J connectivity index is 2.73. The second-order valence-electron chi connectivity index (χ2n) is 3.26. The minimum atomic E-state index is -0.00667. The summed E-state index contributed by atoms with van der Waals surface area (Å²) in [4.78, 5) is 11.3. The van der Waals surface area contributed by atoms with Crippen molar-refractivity contribution in [2.45, 2.75) is 25.8 Å². The molecule has 64 valence electrons. The van der Waals surface area contributed by atoms with Gasteiger partial charge in [-0.2, -0.15) is 0 Å². The number of hydrogen-bond donors (Lipinski definition) is 1. The number of aromatic hydroxyl groups is 1. The van der Waals surface area contributed by atoms with Crippen molar-refractivity contribution in [1.82, 2.24) is 4.57 Å². The van der Waals surface area contributed by atoms with Gasteiger partial charge in [0.05, 0.1) is 5.69 Å². The number of aromatic nitrogens is 1. The monoisotopic (exact) mass is 165 g/mol. The van der Waals surface area contributed by atoms with Gasteiger partial charge in [0.15, 0.2) is 0 Å².